The Hall–Kier alpha value is -2.14. The van der Waals surface area contributed by atoms with E-state index in [1.807, 2.05) is 48.8 Å². The van der Waals surface area contributed by atoms with Gasteiger partial charge in [0.05, 0.1) is 5.69 Å². The molecule has 0 bridgehead atoms. The molecule has 1 aromatic heterocycles. The van der Waals surface area contributed by atoms with Gasteiger partial charge in [-0.05, 0) is 45.7 Å². The third-order valence-electron chi connectivity index (χ3n) is 5.97. The van der Waals surface area contributed by atoms with Gasteiger partial charge in [0.25, 0.3) is 0 Å². The van der Waals surface area contributed by atoms with Crippen molar-refractivity contribution in [1.82, 2.24) is 19.6 Å². The maximum Gasteiger partial charge on any atom is 0.244 e. The summed E-state index contributed by atoms with van der Waals surface area (Å²) >= 11 is 0. The van der Waals surface area contributed by atoms with Crippen LogP contribution in [0.3, 0.4) is 0 Å². The van der Waals surface area contributed by atoms with Crippen molar-refractivity contribution in [3.8, 4) is 0 Å². The van der Waals surface area contributed by atoms with Crippen LogP contribution in [0.25, 0.3) is 0 Å². The van der Waals surface area contributed by atoms with E-state index >= 15 is 0 Å². The minimum atomic E-state index is -0.219. The van der Waals surface area contributed by atoms with Crippen LogP contribution in [0.15, 0.2) is 30.3 Å². The van der Waals surface area contributed by atoms with Gasteiger partial charge < -0.3 is 4.90 Å². The van der Waals surface area contributed by atoms with E-state index in [0.29, 0.717) is 12.6 Å². The van der Waals surface area contributed by atoms with Gasteiger partial charge in [0, 0.05) is 37.9 Å². The SMILES string of the molecule is Cc1nn(C)c(C)c1CN(C)C(=O)[C@@H](c1ccccc1)N1CCCC[C@@H]1C. The van der Waals surface area contributed by atoms with Gasteiger partial charge in [-0.25, -0.2) is 0 Å². The molecule has 5 nitrogen and oxygen atoms in total. The first-order valence-corrected chi connectivity index (χ1v) is 9.95. The van der Waals surface area contributed by atoms with Crippen LogP contribution in [-0.2, 0) is 18.4 Å². The molecule has 2 aromatic rings. The monoisotopic (exact) mass is 368 g/mol. The number of carbonyl (C=O) groups is 1. The van der Waals surface area contributed by atoms with Crippen LogP contribution in [0, 0.1) is 13.8 Å². The second-order valence-electron chi connectivity index (χ2n) is 7.86. The Balaban J connectivity index is 1.88. The molecule has 1 saturated heterocycles. The van der Waals surface area contributed by atoms with Crippen molar-refractivity contribution in [2.45, 2.75) is 58.7 Å². The minimum Gasteiger partial charge on any atom is -0.340 e. The summed E-state index contributed by atoms with van der Waals surface area (Å²) in [5.41, 5.74) is 4.35. The molecular formula is C22H32N4O. The number of likely N-dealkylation sites (tertiary alicyclic amines) is 1. The molecule has 0 saturated carbocycles. The summed E-state index contributed by atoms with van der Waals surface area (Å²) < 4.78 is 1.89. The van der Waals surface area contributed by atoms with Gasteiger partial charge in [-0.2, -0.15) is 5.10 Å². The highest BCUT2D eigenvalue weighted by Gasteiger charge is 2.34. The van der Waals surface area contributed by atoms with E-state index in [2.05, 4.69) is 36.0 Å². The van der Waals surface area contributed by atoms with E-state index < -0.39 is 0 Å². The Bertz CT molecular complexity index is 783. The lowest BCUT2D eigenvalue weighted by molar-refractivity contribution is -0.138. The van der Waals surface area contributed by atoms with Gasteiger partial charge >= 0.3 is 0 Å². The fraction of sp³-hybridized carbons (Fsp3) is 0.545. The van der Waals surface area contributed by atoms with Gasteiger partial charge in [0.1, 0.15) is 6.04 Å². The molecule has 1 aliphatic heterocycles. The second-order valence-corrected chi connectivity index (χ2v) is 7.86. The van der Waals surface area contributed by atoms with Gasteiger partial charge in [-0.3, -0.25) is 14.4 Å². The molecular weight excluding hydrogens is 336 g/mol. The van der Waals surface area contributed by atoms with Gasteiger partial charge in [-0.15, -0.1) is 0 Å². The Labute approximate surface area is 163 Å². The Morgan fingerprint density at radius 3 is 2.56 bits per heavy atom. The fourth-order valence-electron chi connectivity index (χ4n) is 4.19. The van der Waals surface area contributed by atoms with Crippen LogP contribution in [0.5, 0.6) is 0 Å². The average Bonchev–Trinajstić information content (AvgIpc) is 2.90. The van der Waals surface area contributed by atoms with Crippen molar-refractivity contribution in [1.29, 1.82) is 0 Å². The number of carbonyl (C=O) groups excluding carboxylic acids is 1. The fourth-order valence-corrected chi connectivity index (χ4v) is 4.19. The molecule has 5 heteroatoms. The Morgan fingerprint density at radius 2 is 1.96 bits per heavy atom. The number of amides is 1. The quantitative estimate of drug-likeness (QED) is 0.809. The van der Waals surface area contributed by atoms with Crippen molar-refractivity contribution >= 4 is 5.91 Å². The summed E-state index contributed by atoms with van der Waals surface area (Å²) in [6, 6.07) is 10.4. The van der Waals surface area contributed by atoms with E-state index in [0.717, 1.165) is 41.9 Å². The number of nitrogens with zero attached hydrogens (tertiary/aromatic N) is 4. The van der Waals surface area contributed by atoms with E-state index in [9.17, 15) is 4.79 Å². The molecule has 1 aliphatic rings. The van der Waals surface area contributed by atoms with Crippen LogP contribution in [-0.4, -0.2) is 45.1 Å². The molecule has 1 amide bonds. The molecule has 27 heavy (non-hydrogen) atoms. The first-order chi connectivity index (χ1) is 12.9. The van der Waals surface area contributed by atoms with E-state index in [4.69, 9.17) is 0 Å². The van der Waals surface area contributed by atoms with E-state index in [-0.39, 0.29) is 11.9 Å². The molecule has 2 heterocycles. The van der Waals surface area contributed by atoms with Crippen molar-refractivity contribution < 1.29 is 4.79 Å². The highest BCUT2D eigenvalue weighted by molar-refractivity contribution is 5.83. The molecule has 1 aromatic carbocycles. The zero-order valence-electron chi connectivity index (χ0n) is 17.3. The van der Waals surface area contributed by atoms with Crippen LogP contribution < -0.4 is 0 Å². The summed E-state index contributed by atoms with van der Waals surface area (Å²) in [6.07, 6.45) is 3.56. The molecule has 1 fully saturated rings. The van der Waals surface area contributed by atoms with Crippen LogP contribution in [0.1, 0.15) is 54.7 Å². The number of aryl methyl sites for hydroxylation is 2. The molecule has 0 N–H and O–H groups in total. The first kappa shape index (κ1) is 19.6. The van der Waals surface area contributed by atoms with Gasteiger partial charge in [0.15, 0.2) is 0 Å². The van der Waals surface area contributed by atoms with Crippen molar-refractivity contribution in [2.24, 2.45) is 7.05 Å². The minimum absolute atomic E-state index is 0.164. The molecule has 0 radical (unpaired) electrons. The molecule has 0 aliphatic carbocycles. The van der Waals surface area contributed by atoms with Crippen LogP contribution in [0.2, 0.25) is 0 Å². The Kier molecular flexibility index (Phi) is 6.00. The van der Waals surface area contributed by atoms with Gasteiger partial charge in [0.2, 0.25) is 5.91 Å². The maximum atomic E-state index is 13.6. The average molecular weight is 369 g/mol. The second kappa shape index (κ2) is 8.26. The van der Waals surface area contributed by atoms with Crippen LogP contribution in [0.4, 0.5) is 0 Å². The number of likely N-dealkylation sites (N-methyl/N-ethyl adjacent to an activating group) is 1. The molecule has 3 rings (SSSR count). The van der Waals surface area contributed by atoms with Gasteiger partial charge in [-0.1, -0.05) is 36.8 Å². The number of aromatic nitrogens is 2. The third kappa shape index (κ3) is 4.08. The lowest BCUT2D eigenvalue weighted by Crippen LogP contribution is -2.47. The third-order valence-corrected chi connectivity index (χ3v) is 5.97. The van der Waals surface area contributed by atoms with Crippen LogP contribution >= 0.6 is 0 Å². The summed E-state index contributed by atoms with van der Waals surface area (Å²) in [5, 5.41) is 4.50. The standard InChI is InChI=1S/C22H32N4O/c1-16-11-9-10-14-26(16)21(19-12-7-6-8-13-19)22(27)24(4)15-20-17(2)23-25(5)18(20)3/h6-8,12-13,16,21H,9-11,14-15H2,1-5H3/t16-,21+/m0/s1. The zero-order chi connectivity index (χ0) is 19.6. The molecule has 2 atom stereocenters. The maximum absolute atomic E-state index is 13.6. The van der Waals surface area contributed by atoms with E-state index in [1.165, 1.54) is 6.42 Å². The number of hydrogen-bond donors (Lipinski definition) is 0. The lowest BCUT2D eigenvalue weighted by atomic mass is 9.96. The highest BCUT2D eigenvalue weighted by atomic mass is 16.2. The topological polar surface area (TPSA) is 41.4 Å². The summed E-state index contributed by atoms with van der Waals surface area (Å²) in [6.45, 7) is 7.90. The smallest absolute Gasteiger partial charge is 0.244 e. The lowest BCUT2D eigenvalue weighted by Gasteiger charge is -2.40. The summed E-state index contributed by atoms with van der Waals surface area (Å²) in [4.78, 5) is 17.8. The Morgan fingerprint density at radius 1 is 1.26 bits per heavy atom. The predicted molar refractivity (Wildman–Crippen MR) is 108 cm³/mol. The normalized spacial score (nSPS) is 19.1. The molecule has 0 unspecified atom stereocenters. The van der Waals surface area contributed by atoms with E-state index in [1.54, 1.807) is 0 Å². The first-order valence-electron chi connectivity index (χ1n) is 9.95. The van der Waals surface area contributed by atoms with Crippen molar-refractivity contribution in [2.75, 3.05) is 13.6 Å². The predicted octanol–water partition coefficient (Wildman–Crippen LogP) is 3.61. The van der Waals surface area contributed by atoms with Crippen molar-refractivity contribution in [3.63, 3.8) is 0 Å². The number of rotatable bonds is 5. The number of hydrogen-bond acceptors (Lipinski definition) is 3. The zero-order valence-corrected chi connectivity index (χ0v) is 17.3. The molecule has 146 valence electrons. The molecule has 0 spiro atoms. The largest absolute Gasteiger partial charge is 0.340 e. The summed E-state index contributed by atoms with van der Waals surface area (Å²) in [7, 11) is 3.87. The van der Waals surface area contributed by atoms with Crippen molar-refractivity contribution in [3.05, 3.63) is 52.8 Å². The highest BCUT2D eigenvalue weighted by Crippen LogP contribution is 2.30. The number of benzene rings is 1. The summed E-state index contributed by atoms with van der Waals surface area (Å²) in [5.74, 6) is 0.164. The number of piperidine rings is 1.